The fourth-order valence-corrected chi connectivity index (χ4v) is 2.52. The predicted molar refractivity (Wildman–Crippen MR) is 78.1 cm³/mol. The Labute approximate surface area is 115 Å². The number of nitrogens with one attached hydrogen (secondary N) is 1. The zero-order valence-corrected chi connectivity index (χ0v) is 10.9. The molecular formula is C15H15N3O2. The van der Waals surface area contributed by atoms with E-state index in [0.29, 0.717) is 6.54 Å². The summed E-state index contributed by atoms with van der Waals surface area (Å²) < 4.78 is 7.11. The highest BCUT2D eigenvalue weighted by molar-refractivity contribution is 6.07. The molecule has 1 amide bonds. The molecule has 0 unspecified atom stereocenters. The van der Waals surface area contributed by atoms with E-state index in [1.54, 1.807) is 0 Å². The van der Waals surface area contributed by atoms with Gasteiger partial charge in [-0.1, -0.05) is 36.4 Å². The van der Waals surface area contributed by atoms with Crippen molar-refractivity contribution in [2.24, 2.45) is 5.84 Å². The van der Waals surface area contributed by atoms with Crippen LogP contribution in [0.5, 0.6) is 0 Å². The minimum absolute atomic E-state index is 0.270. The molecule has 0 aliphatic carbocycles. The number of amides is 1. The smallest absolute Gasteiger partial charge is 0.421 e. The van der Waals surface area contributed by atoms with E-state index in [9.17, 15) is 4.79 Å². The van der Waals surface area contributed by atoms with E-state index >= 15 is 0 Å². The van der Waals surface area contributed by atoms with Crippen molar-refractivity contribution in [3.63, 3.8) is 0 Å². The topological polar surface area (TPSA) is 69.3 Å². The molecule has 5 heteroatoms. The van der Waals surface area contributed by atoms with Crippen molar-refractivity contribution in [3.8, 4) is 0 Å². The molecule has 3 N–H and O–H groups in total. The average molecular weight is 269 g/mol. The molecule has 0 spiro atoms. The molecule has 0 atom stereocenters. The van der Waals surface area contributed by atoms with Gasteiger partial charge in [0.1, 0.15) is 6.61 Å². The summed E-state index contributed by atoms with van der Waals surface area (Å²) in [5.74, 6) is 4.98. The number of hydrogen-bond acceptors (Lipinski definition) is 3. The number of hydrazine groups is 1. The Morgan fingerprint density at radius 1 is 1.05 bits per heavy atom. The highest BCUT2D eigenvalue weighted by atomic mass is 16.5. The Bertz CT molecular complexity index is 711. The van der Waals surface area contributed by atoms with Crippen LogP contribution in [0.1, 0.15) is 0 Å². The number of fused-ring (bicyclic) bond motifs is 3. The van der Waals surface area contributed by atoms with Crippen LogP contribution in [-0.4, -0.2) is 17.3 Å². The van der Waals surface area contributed by atoms with E-state index in [1.165, 1.54) is 10.8 Å². The van der Waals surface area contributed by atoms with Crippen LogP contribution in [0.25, 0.3) is 21.8 Å². The molecule has 3 aromatic rings. The number of hydrogen-bond donors (Lipinski definition) is 2. The van der Waals surface area contributed by atoms with Crippen molar-refractivity contribution in [2.45, 2.75) is 6.54 Å². The third-order valence-corrected chi connectivity index (χ3v) is 3.35. The van der Waals surface area contributed by atoms with Crippen molar-refractivity contribution < 1.29 is 9.53 Å². The standard InChI is InChI=1S/C15H15N3O2/c16-17-15(19)20-10-9-18-13-7-3-1-5-11(13)12-6-2-4-8-14(12)18/h1-8H,9-10,16H2,(H,17,19). The van der Waals surface area contributed by atoms with Gasteiger partial charge in [0.25, 0.3) is 0 Å². The summed E-state index contributed by atoms with van der Waals surface area (Å²) in [7, 11) is 0. The number of benzene rings is 2. The third-order valence-electron chi connectivity index (χ3n) is 3.35. The number of aromatic nitrogens is 1. The Morgan fingerprint density at radius 3 is 2.15 bits per heavy atom. The molecule has 5 nitrogen and oxygen atoms in total. The van der Waals surface area contributed by atoms with Crippen LogP contribution in [0.3, 0.4) is 0 Å². The van der Waals surface area contributed by atoms with Gasteiger partial charge in [0, 0.05) is 21.8 Å². The quantitative estimate of drug-likeness (QED) is 0.436. The molecule has 3 rings (SSSR count). The molecule has 1 aromatic heterocycles. The lowest BCUT2D eigenvalue weighted by atomic mass is 10.2. The second kappa shape index (κ2) is 5.22. The zero-order chi connectivity index (χ0) is 13.9. The van der Waals surface area contributed by atoms with Gasteiger partial charge in [-0.2, -0.15) is 0 Å². The lowest BCUT2D eigenvalue weighted by molar-refractivity contribution is 0.143. The summed E-state index contributed by atoms with van der Waals surface area (Å²) in [6, 6.07) is 16.4. The predicted octanol–water partition coefficient (Wildman–Crippen LogP) is 2.39. The van der Waals surface area contributed by atoms with Crippen LogP contribution < -0.4 is 11.3 Å². The number of carbonyl (C=O) groups is 1. The van der Waals surface area contributed by atoms with Crippen molar-refractivity contribution >= 4 is 27.9 Å². The van der Waals surface area contributed by atoms with Crippen LogP contribution in [0.15, 0.2) is 48.5 Å². The molecule has 20 heavy (non-hydrogen) atoms. The summed E-state index contributed by atoms with van der Waals surface area (Å²) in [4.78, 5) is 11.0. The lowest BCUT2D eigenvalue weighted by Gasteiger charge is -2.08. The van der Waals surface area contributed by atoms with E-state index in [0.717, 1.165) is 11.0 Å². The van der Waals surface area contributed by atoms with E-state index in [4.69, 9.17) is 10.6 Å². The summed E-state index contributed by atoms with van der Waals surface area (Å²) in [5, 5.41) is 2.40. The van der Waals surface area contributed by atoms with E-state index < -0.39 is 6.09 Å². The number of rotatable bonds is 3. The maximum atomic E-state index is 11.0. The molecule has 0 fully saturated rings. The maximum Gasteiger partial charge on any atom is 0.421 e. The van der Waals surface area contributed by atoms with Crippen LogP contribution in [0.4, 0.5) is 4.79 Å². The molecule has 102 valence electrons. The summed E-state index contributed by atoms with van der Waals surface area (Å²) in [6.07, 6.45) is -0.620. The average Bonchev–Trinajstić information content (AvgIpc) is 2.82. The van der Waals surface area contributed by atoms with Gasteiger partial charge in [0.05, 0.1) is 6.54 Å². The SMILES string of the molecule is NNC(=O)OCCn1c2ccccc2c2ccccc21. The zero-order valence-electron chi connectivity index (χ0n) is 10.9. The van der Waals surface area contributed by atoms with E-state index in [-0.39, 0.29) is 6.61 Å². The highest BCUT2D eigenvalue weighted by Gasteiger charge is 2.09. The van der Waals surface area contributed by atoms with Gasteiger partial charge in [0.2, 0.25) is 0 Å². The van der Waals surface area contributed by atoms with E-state index in [2.05, 4.69) is 28.8 Å². The van der Waals surface area contributed by atoms with Gasteiger partial charge in [-0.05, 0) is 12.1 Å². The summed E-state index contributed by atoms with van der Waals surface area (Å²) in [6.45, 7) is 0.854. The molecule has 1 heterocycles. The number of nitrogens with two attached hydrogens (primary N) is 1. The van der Waals surface area contributed by atoms with Gasteiger partial charge in [0.15, 0.2) is 0 Å². The first-order chi connectivity index (χ1) is 9.81. The first kappa shape index (κ1) is 12.5. The van der Waals surface area contributed by atoms with Crippen molar-refractivity contribution in [1.29, 1.82) is 0 Å². The number of ether oxygens (including phenoxy) is 1. The third kappa shape index (κ3) is 2.08. The summed E-state index contributed by atoms with van der Waals surface area (Å²) >= 11 is 0. The van der Waals surface area contributed by atoms with Gasteiger partial charge >= 0.3 is 6.09 Å². The van der Waals surface area contributed by atoms with Gasteiger partial charge in [-0.25, -0.2) is 10.6 Å². The highest BCUT2D eigenvalue weighted by Crippen LogP contribution is 2.28. The van der Waals surface area contributed by atoms with Crippen molar-refractivity contribution in [3.05, 3.63) is 48.5 Å². The number of para-hydroxylation sites is 2. The van der Waals surface area contributed by atoms with E-state index in [1.807, 2.05) is 29.7 Å². The number of carbonyl (C=O) groups excluding carboxylic acids is 1. The second-order valence-corrected chi connectivity index (χ2v) is 4.47. The molecular weight excluding hydrogens is 254 g/mol. The van der Waals surface area contributed by atoms with Gasteiger partial charge in [-0.3, -0.25) is 5.43 Å². The van der Waals surface area contributed by atoms with Gasteiger partial charge in [-0.15, -0.1) is 0 Å². The molecule has 0 radical (unpaired) electrons. The second-order valence-electron chi connectivity index (χ2n) is 4.47. The minimum atomic E-state index is -0.620. The monoisotopic (exact) mass is 269 g/mol. The van der Waals surface area contributed by atoms with Crippen molar-refractivity contribution in [1.82, 2.24) is 9.99 Å². The lowest BCUT2D eigenvalue weighted by Crippen LogP contribution is -2.31. The van der Waals surface area contributed by atoms with Crippen LogP contribution in [0.2, 0.25) is 0 Å². The fraction of sp³-hybridized carbons (Fsp3) is 0.133. The number of nitrogens with zero attached hydrogens (tertiary/aromatic N) is 1. The Balaban J connectivity index is 2.01. The summed E-state index contributed by atoms with van der Waals surface area (Å²) in [5.41, 5.74) is 4.21. The van der Waals surface area contributed by atoms with Crippen LogP contribution in [-0.2, 0) is 11.3 Å². The maximum absolute atomic E-state index is 11.0. The van der Waals surface area contributed by atoms with Gasteiger partial charge < -0.3 is 9.30 Å². The fourth-order valence-electron chi connectivity index (χ4n) is 2.52. The van der Waals surface area contributed by atoms with Crippen molar-refractivity contribution in [2.75, 3.05) is 6.61 Å². The first-order valence-corrected chi connectivity index (χ1v) is 6.40. The largest absolute Gasteiger partial charge is 0.447 e. The Hall–Kier alpha value is -2.53. The molecule has 0 saturated carbocycles. The Kier molecular flexibility index (Phi) is 3.26. The molecule has 0 aliphatic heterocycles. The Morgan fingerprint density at radius 2 is 1.60 bits per heavy atom. The normalized spacial score (nSPS) is 10.8. The van der Waals surface area contributed by atoms with Crippen LogP contribution >= 0.6 is 0 Å². The molecule has 2 aromatic carbocycles. The molecule has 0 saturated heterocycles. The van der Waals surface area contributed by atoms with Crippen LogP contribution in [0, 0.1) is 0 Å². The first-order valence-electron chi connectivity index (χ1n) is 6.40. The minimum Gasteiger partial charge on any atom is -0.447 e. The molecule has 0 bridgehead atoms. The molecule has 0 aliphatic rings.